The molecule has 1 aliphatic rings. The number of likely N-dealkylation sites (N-methyl/N-ethyl adjacent to an activating group) is 1. The molecule has 0 atom stereocenters. The lowest BCUT2D eigenvalue weighted by Crippen LogP contribution is -2.22. The molecule has 158 valence electrons. The summed E-state index contributed by atoms with van der Waals surface area (Å²) in [6, 6.07) is 18.5. The Bertz CT molecular complexity index is 1120. The van der Waals surface area contributed by atoms with E-state index in [0.29, 0.717) is 9.23 Å². The third-order valence-electron chi connectivity index (χ3n) is 4.93. The molecule has 31 heavy (non-hydrogen) atoms. The number of rotatable bonds is 7. The zero-order valence-corrected chi connectivity index (χ0v) is 19.9. The maximum absolute atomic E-state index is 12.5. The molecule has 3 aromatic rings. The molecule has 0 radical (unpaired) electrons. The van der Waals surface area contributed by atoms with E-state index in [0.717, 1.165) is 28.3 Å². The molecule has 0 unspecified atom stereocenters. The second-order valence-corrected chi connectivity index (χ2v) is 10.0. The fraction of sp³-hybridized carbons (Fsp3) is 0.208. The minimum absolute atomic E-state index is 0.0731. The number of para-hydroxylation sites is 1. The molecular formula is C24H23N3OS3. The minimum Gasteiger partial charge on any atom is -0.296 e. The lowest BCUT2D eigenvalue weighted by atomic mass is 10.1. The van der Waals surface area contributed by atoms with Crippen molar-refractivity contribution in [2.24, 2.45) is 0 Å². The van der Waals surface area contributed by atoms with Gasteiger partial charge in [-0.3, -0.25) is 9.69 Å². The fourth-order valence-corrected chi connectivity index (χ4v) is 5.33. The van der Waals surface area contributed by atoms with Gasteiger partial charge in [0, 0.05) is 29.3 Å². The first kappa shape index (κ1) is 21.9. The Labute approximate surface area is 196 Å². The second-order valence-electron chi connectivity index (χ2n) is 7.18. The Morgan fingerprint density at radius 1 is 1.13 bits per heavy atom. The summed E-state index contributed by atoms with van der Waals surface area (Å²) >= 11 is 8.49. The summed E-state index contributed by atoms with van der Waals surface area (Å²) < 4.78 is 2.43. The average Bonchev–Trinajstić information content (AvgIpc) is 3.32. The number of thioether (sulfide) groups is 2. The summed E-state index contributed by atoms with van der Waals surface area (Å²) in [6.45, 7) is 2.21. The molecule has 4 nitrogen and oxygen atoms in total. The van der Waals surface area contributed by atoms with Crippen LogP contribution in [-0.4, -0.2) is 37.7 Å². The molecule has 2 heterocycles. The van der Waals surface area contributed by atoms with E-state index in [1.807, 2.05) is 59.0 Å². The van der Waals surface area contributed by atoms with Crippen molar-refractivity contribution in [1.29, 1.82) is 0 Å². The molecular weight excluding hydrogens is 442 g/mol. The van der Waals surface area contributed by atoms with Gasteiger partial charge in [-0.2, -0.15) is 5.10 Å². The molecule has 0 aliphatic carbocycles. The molecule has 1 saturated heterocycles. The highest BCUT2D eigenvalue weighted by Gasteiger charge is 2.29. The second kappa shape index (κ2) is 9.85. The number of thiocarbonyl (C=S) groups is 1. The van der Waals surface area contributed by atoms with Gasteiger partial charge in [0.1, 0.15) is 4.32 Å². The summed E-state index contributed by atoms with van der Waals surface area (Å²) in [5, 5.41) is 4.86. The summed E-state index contributed by atoms with van der Waals surface area (Å²) in [5.74, 6) is 1.05. The average molecular weight is 466 g/mol. The van der Waals surface area contributed by atoms with Crippen molar-refractivity contribution in [3.63, 3.8) is 0 Å². The lowest BCUT2D eigenvalue weighted by molar-refractivity contribution is -0.121. The molecule has 1 amide bonds. The maximum atomic E-state index is 12.5. The predicted octanol–water partition coefficient (Wildman–Crippen LogP) is 6.26. The first-order valence-electron chi connectivity index (χ1n) is 10.2. The van der Waals surface area contributed by atoms with Crippen molar-refractivity contribution in [3.05, 3.63) is 71.3 Å². The smallest absolute Gasteiger partial charge is 0.265 e. The third-order valence-corrected chi connectivity index (χ3v) is 7.51. The highest BCUT2D eigenvalue weighted by Crippen LogP contribution is 2.34. The van der Waals surface area contributed by atoms with Crippen LogP contribution in [0.15, 0.2) is 70.6 Å². The van der Waals surface area contributed by atoms with Gasteiger partial charge >= 0.3 is 0 Å². The van der Waals surface area contributed by atoms with Gasteiger partial charge in [0.25, 0.3) is 5.91 Å². The number of aromatic nitrogens is 2. The molecule has 0 saturated carbocycles. The molecule has 1 aromatic heterocycles. The van der Waals surface area contributed by atoms with Crippen LogP contribution in [0.5, 0.6) is 0 Å². The third kappa shape index (κ3) is 4.95. The van der Waals surface area contributed by atoms with Crippen molar-refractivity contribution in [1.82, 2.24) is 14.7 Å². The van der Waals surface area contributed by atoms with Crippen LogP contribution in [0.1, 0.15) is 25.3 Å². The number of unbranched alkanes of at least 4 members (excludes halogenated alkanes) is 1. The quantitative estimate of drug-likeness (QED) is 0.178. The van der Waals surface area contributed by atoms with Crippen LogP contribution >= 0.6 is 35.7 Å². The summed E-state index contributed by atoms with van der Waals surface area (Å²) in [5.41, 5.74) is 3.73. The van der Waals surface area contributed by atoms with Gasteiger partial charge in [0.15, 0.2) is 0 Å². The Morgan fingerprint density at radius 2 is 1.87 bits per heavy atom. The van der Waals surface area contributed by atoms with E-state index < -0.39 is 0 Å². The van der Waals surface area contributed by atoms with E-state index in [9.17, 15) is 4.79 Å². The Morgan fingerprint density at radius 3 is 2.52 bits per heavy atom. The number of amides is 1. The van der Waals surface area contributed by atoms with Crippen molar-refractivity contribution in [3.8, 4) is 16.9 Å². The van der Waals surface area contributed by atoms with Crippen molar-refractivity contribution in [2.45, 2.75) is 24.7 Å². The number of carbonyl (C=O) groups excluding carboxylic acids is 1. The zero-order valence-electron chi connectivity index (χ0n) is 17.4. The Balaban J connectivity index is 1.71. The first-order valence-corrected chi connectivity index (χ1v) is 12.4. The van der Waals surface area contributed by atoms with Crippen LogP contribution < -0.4 is 0 Å². The monoisotopic (exact) mass is 465 g/mol. The number of hydrogen-bond donors (Lipinski definition) is 0. The Hall–Kier alpha value is -2.35. The van der Waals surface area contributed by atoms with Crippen LogP contribution in [0.25, 0.3) is 23.0 Å². The Kier molecular flexibility index (Phi) is 6.95. The normalized spacial score (nSPS) is 15.3. The molecule has 7 heteroatoms. The molecule has 0 bridgehead atoms. The van der Waals surface area contributed by atoms with E-state index in [1.165, 1.54) is 34.4 Å². The molecule has 2 aromatic carbocycles. The van der Waals surface area contributed by atoms with Crippen molar-refractivity contribution in [2.75, 3.05) is 12.8 Å². The van der Waals surface area contributed by atoms with Crippen molar-refractivity contribution >= 4 is 52.0 Å². The van der Waals surface area contributed by atoms with Crippen molar-refractivity contribution < 1.29 is 4.79 Å². The highest BCUT2D eigenvalue weighted by molar-refractivity contribution is 8.26. The molecule has 1 aliphatic heterocycles. The lowest BCUT2D eigenvalue weighted by Gasteiger charge is -2.04. The van der Waals surface area contributed by atoms with Crippen LogP contribution in [0.4, 0.5) is 0 Å². The van der Waals surface area contributed by atoms with Gasteiger partial charge in [-0.25, -0.2) is 4.68 Å². The topological polar surface area (TPSA) is 38.1 Å². The number of hydrogen-bond acceptors (Lipinski definition) is 5. The zero-order chi connectivity index (χ0) is 21.8. The van der Waals surface area contributed by atoms with Gasteiger partial charge in [-0.15, -0.1) is 11.8 Å². The number of benzene rings is 2. The van der Waals surface area contributed by atoms with Crippen LogP contribution in [0.3, 0.4) is 0 Å². The van der Waals surface area contributed by atoms with Gasteiger partial charge < -0.3 is 0 Å². The van der Waals surface area contributed by atoms with Crippen LogP contribution in [-0.2, 0) is 4.79 Å². The summed E-state index contributed by atoms with van der Waals surface area (Å²) in [7, 11) is 1.71. The van der Waals surface area contributed by atoms with Crippen LogP contribution in [0, 0.1) is 0 Å². The SMILES string of the molecule is CCCCSc1ccc(-c2nn(-c3ccccc3)cc2/C=C2\SC(=S)N(C)C2=O)cc1. The van der Waals surface area contributed by atoms with Gasteiger partial charge in [-0.1, -0.05) is 67.7 Å². The summed E-state index contributed by atoms with van der Waals surface area (Å²) in [6.07, 6.45) is 6.29. The highest BCUT2D eigenvalue weighted by atomic mass is 32.2. The largest absolute Gasteiger partial charge is 0.296 e. The van der Waals surface area contributed by atoms with E-state index in [4.69, 9.17) is 17.3 Å². The molecule has 1 fully saturated rings. The van der Waals surface area contributed by atoms with Gasteiger partial charge in [0.05, 0.1) is 16.3 Å². The number of nitrogens with zero attached hydrogens (tertiary/aromatic N) is 3. The van der Waals surface area contributed by atoms with Gasteiger partial charge in [0.2, 0.25) is 0 Å². The minimum atomic E-state index is -0.0731. The van der Waals surface area contributed by atoms with Crippen LogP contribution in [0.2, 0.25) is 0 Å². The molecule has 0 N–H and O–H groups in total. The van der Waals surface area contributed by atoms with Gasteiger partial charge in [-0.05, 0) is 42.5 Å². The van der Waals surface area contributed by atoms with E-state index in [2.05, 4.69) is 31.2 Å². The molecule has 4 rings (SSSR count). The predicted molar refractivity (Wildman–Crippen MR) is 136 cm³/mol. The maximum Gasteiger partial charge on any atom is 0.265 e. The summed E-state index contributed by atoms with van der Waals surface area (Å²) in [4.78, 5) is 15.9. The molecule has 0 spiro atoms. The standard InChI is InChI=1S/C24H23N3OS3/c1-3-4-14-30-20-12-10-17(11-13-20)22-18(15-21-23(28)26(2)24(29)31-21)16-27(25-22)19-8-6-5-7-9-19/h5-13,15-16H,3-4,14H2,1-2H3/b21-15-. The first-order chi connectivity index (χ1) is 15.1. The number of carbonyl (C=O) groups is 1. The fourth-order valence-electron chi connectivity index (χ4n) is 3.16. The van der Waals surface area contributed by atoms with E-state index >= 15 is 0 Å². The van der Waals surface area contributed by atoms with E-state index in [1.54, 1.807) is 7.05 Å². The van der Waals surface area contributed by atoms with E-state index in [-0.39, 0.29) is 5.91 Å².